The van der Waals surface area contributed by atoms with Crippen LogP contribution in [-0.4, -0.2) is 18.8 Å². The van der Waals surface area contributed by atoms with Crippen molar-refractivity contribution in [2.24, 2.45) is 0 Å². The average molecular weight is 316 g/mol. The number of ether oxygens (including phenoxy) is 2. The van der Waals surface area contributed by atoms with Gasteiger partial charge in [0.15, 0.2) is 0 Å². The van der Waals surface area contributed by atoms with E-state index in [1.54, 1.807) is 0 Å². The van der Waals surface area contributed by atoms with E-state index in [0.29, 0.717) is 17.9 Å². The number of rotatable bonds is 7. The molecule has 0 N–H and O–H groups in total. The largest absolute Gasteiger partial charge is 0.493 e. The van der Waals surface area contributed by atoms with Crippen LogP contribution in [-0.2, 0) is 10.9 Å². The normalized spacial score (nSPS) is 22.5. The third kappa shape index (κ3) is 4.15. The molecule has 22 heavy (non-hydrogen) atoms. The highest BCUT2D eigenvalue weighted by molar-refractivity contribution is 5.41. The van der Waals surface area contributed by atoms with Crippen LogP contribution in [0.4, 0.5) is 13.2 Å². The van der Waals surface area contributed by atoms with E-state index in [-0.39, 0.29) is 18.1 Å². The first kappa shape index (κ1) is 17.1. The summed E-state index contributed by atoms with van der Waals surface area (Å²) in [7, 11) is 0. The number of alkyl halides is 3. The maximum absolute atomic E-state index is 13.0. The smallest absolute Gasteiger partial charge is 0.416 e. The predicted molar refractivity (Wildman–Crippen MR) is 79.2 cm³/mol. The quantitative estimate of drug-likeness (QED) is 0.648. The summed E-state index contributed by atoms with van der Waals surface area (Å²) in [5, 5.41) is 0. The third-order valence-corrected chi connectivity index (χ3v) is 4.08. The van der Waals surface area contributed by atoms with E-state index < -0.39 is 11.7 Å². The predicted octanol–water partition coefficient (Wildman–Crippen LogP) is 5.17. The fraction of sp³-hybridized carbons (Fsp3) is 0.647. The van der Waals surface area contributed by atoms with Crippen molar-refractivity contribution in [1.82, 2.24) is 0 Å². The first-order chi connectivity index (χ1) is 10.4. The highest BCUT2D eigenvalue weighted by Gasteiger charge is 2.37. The molecule has 124 valence electrons. The van der Waals surface area contributed by atoms with Gasteiger partial charge in [0.25, 0.3) is 0 Å². The Labute approximate surface area is 129 Å². The minimum atomic E-state index is -4.33. The van der Waals surface area contributed by atoms with Crippen molar-refractivity contribution >= 4 is 0 Å². The van der Waals surface area contributed by atoms with Crippen molar-refractivity contribution < 1.29 is 22.6 Å². The summed E-state index contributed by atoms with van der Waals surface area (Å²) in [6, 6.07) is 3.79. The topological polar surface area (TPSA) is 21.8 Å². The number of halogens is 3. The van der Waals surface area contributed by atoms with Crippen molar-refractivity contribution in [3.63, 3.8) is 0 Å². The van der Waals surface area contributed by atoms with E-state index in [1.165, 1.54) is 12.1 Å². The van der Waals surface area contributed by atoms with Gasteiger partial charge in [0, 0.05) is 0 Å². The van der Waals surface area contributed by atoms with Crippen LogP contribution in [0.3, 0.4) is 0 Å². The Bertz CT molecular complexity index is 499. The number of epoxide rings is 1. The van der Waals surface area contributed by atoms with Crippen LogP contribution in [0.1, 0.15) is 57.1 Å². The zero-order valence-corrected chi connectivity index (χ0v) is 13.2. The first-order valence-electron chi connectivity index (χ1n) is 7.86. The lowest BCUT2D eigenvalue weighted by Gasteiger charge is -2.20. The second-order valence-corrected chi connectivity index (χ2v) is 5.82. The van der Waals surface area contributed by atoms with Gasteiger partial charge >= 0.3 is 6.18 Å². The molecule has 3 unspecified atom stereocenters. The molecule has 2 rings (SSSR count). The van der Waals surface area contributed by atoms with Gasteiger partial charge in [0.2, 0.25) is 0 Å². The molecule has 2 nitrogen and oxygen atoms in total. The Hall–Kier alpha value is -1.23. The molecule has 1 heterocycles. The molecule has 1 aromatic carbocycles. The monoisotopic (exact) mass is 316 g/mol. The SMILES string of the molecule is CCCOc1ccc(C(F)(F)F)cc1C(CC)CC1OC1C. The molecule has 3 atom stereocenters. The maximum Gasteiger partial charge on any atom is 0.416 e. The molecule has 1 aliphatic heterocycles. The summed E-state index contributed by atoms with van der Waals surface area (Å²) in [5.74, 6) is 0.583. The molecule has 0 aliphatic carbocycles. The summed E-state index contributed by atoms with van der Waals surface area (Å²) in [4.78, 5) is 0. The van der Waals surface area contributed by atoms with E-state index in [1.807, 2.05) is 20.8 Å². The number of hydrogen-bond donors (Lipinski definition) is 0. The van der Waals surface area contributed by atoms with E-state index in [9.17, 15) is 13.2 Å². The average Bonchev–Trinajstić information content (AvgIpc) is 3.16. The molecule has 0 spiro atoms. The van der Waals surface area contributed by atoms with Crippen LogP contribution in [0.5, 0.6) is 5.75 Å². The molecular weight excluding hydrogens is 293 g/mol. The van der Waals surface area contributed by atoms with E-state index >= 15 is 0 Å². The zero-order valence-electron chi connectivity index (χ0n) is 13.2. The minimum absolute atomic E-state index is 0.0177. The lowest BCUT2D eigenvalue weighted by atomic mass is 9.89. The molecule has 1 aliphatic rings. The van der Waals surface area contributed by atoms with Crippen LogP contribution in [0.2, 0.25) is 0 Å². The van der Waals surface area contributed by atoms with Crippen LogP contribution < -0.4 is 4.74 Å². The van der Waals surface area contributed by atoms with Gasteiger partial charge in [0.05, 0.1) is 24.4 Å². The Kier molecular flexibility index (Phi) is 5.37. The highest BCUT2D eigenvalue weighted by Crippen LogP contribution is 2.40. The van der Waals surface area contributed by atoms with E-state index in [0.717, 1.165) is 25.3 Å². The molecule has 0 radical (unpaired) electrons. The van der Waals surface area contributed by atoms with E-state index in [2.05, 4.69) is 0 Å². The Morgan fingerprint density at radius 2 is 1.95 bits per heavy atom. The summed E-state index contributed by atoms with van der Waals surface area (Å²) >= 11 is 0. The van der Waals surface area contributed by atoms with Gasteiger partial charge in [-0.1, -0.05) is 13.8 Å². The molecule has 5 heteroatoms. The van der Waals surface area contributed by atoms with Crippen molar-refractivity contribution in [3.8, 4) is 5.75 Å². The zero-order chi connectivity index (χ0) is 16.3. The summed E-state index contributed by atoms with van der Waals surface area (Å²) < 4.78 is 50.1. The molecule has 1 aromatic rings. The Balaban J connectivity index is 2.29. The minimum Gasteiger partial charge on any atom is -0.493 e. The molecule has 1 saturated heterocycles. The van der Waals surface area contributed by atoms with Crippen molar-refractivity contribution in [1.29, 1.82) is 0 Å². The Morgan fingerprint density at radius 1 is 1.27 bits per heavy atom. The summed E-state index contributed by atoms with van der Waals surface area (Å²) in [5.41, 5.74) is 0.0306. The van der Waals surface area contributed by atoms with E-state index in [4.69, 9.17) is 9.47 Å². The van der Waals surface area contributed by atoms with Crippen LogP contribution in [0.15, 0.2) is 18.2 Å². The molecule has 0 aromatic heterocycles. The lowest BCUT2D eigenvalue weighted by Crippen LogP contribution is -2.11. The molecule has 0 amide bonds. The highest BCUT2D eigenvalue weighted by atomic mass is 19.4. The second-order valence-electron chi connectivity index (χ2n) is 5.82. The van der Waals surface area contributed by atoms with Crippen LogP contribution in [0.25, 0.3) is 0 Å². The van der Waals surface area contributed by atoms with Gasteiger partial charge in [-0.05, 0) is 55.9 Å². The molecular formula is C17H23F3O2. The van der Waals surface area contributed by atoms with Crippen LogP contribution in [0, 0.1) is 0 Å². The van der Waals surface area contributed by atoms with Crippen LogP contribution >= 0.6 is 0 Å². The first-order valence-corrected chi connectivity index (χ1v) is 7.86. The number of hydrogen-bond acceptors (Lipinski definition) is 2. The summed E-state index contributed by atoms with van der Waals surface area (Å²) in [6.07, 6.45) is -1.66. The maximum atomic E-state index is 13.0. The number of benzene rings is 1. The molecule has 1 fully saturated rings. The fourth-order valence-corrected chi connectivity index (χ4v) is 2.66. The summed E-state index contributed by atoms with van der Waals surface area (Å²) in [6.45, 7) is 6.45. The Morgan fingerprint density at radius 3 is 2.45 bits per heavy atom. The van der Waals surface area contributed by atoms with Gasteiger partial charge < -0.3 is 9.47 Å². The fourth-order valence-electron chi connectivity index (χ4n) is 2.66. The van der Waals surface area contributed by atoms with Crippen molar-refractivity contribution in [2.75, 3.05) is 6.61 Å². The van der Waals surface area contributed by atoms with Crippen molar-refractivity contribution in [2.45, 2.75) is 64.3 Å². The van der Waals surface area contributed by atoms with Gasteiger partial charge in [0.1, 0.15) is 5.75 Å². The molecule has 0 saturated carbocycles. The lowest BCUT2D eigenvalue weighted by molar-refractivity contribution is -0.137. The standard InChI is InChI=1S/C17H23F3O2/c1-4-8-21-15-7-6-13(17(18,19)20)10-14(15)12(5-2)9-16-11(3)22-16/h6-7,10-12,16H,4-5,8-9H2,1-3H3. The van der Waals surface area contributed by atoms with Gasteiger partial charge in [-0.3, -0.25) is 0 Å². The second kappa shape index (κ2) is 6.90. The van der Waals surface area contributed by atoms with Crippen molar-refractivity contribution in [3.05, 3.63) is 29.3 Å². The van der Waals surface area contributed by atoms with Gasteiger partial charge in [-0.15, -0.1) is 0 Å². The van der Waals surface area contributed by atoms with Gasteiger partial charge in [-0.25, -0.2) is 0 Å². The molecule has 0 bridgehead atoms. The van der Waals surface area contributed by atoms with Gasteiger partial charge in [-0.2, -0.15) is 13.2 Å². The third-order valence-electron chi connectivity index (χ3n) is 4.08.